The quantitative estimate of drug-likeness (QED) is 0.492. The number of ketones is 1. The minimum Gasteiger partial charge on any atom is -0.443 e. The molecule has 1 amide bonds. The molecule has 2 aromatic rings. The molecule has 1 aliphatic heterocycles. The molecule has 3 rings (SSSR count). The second kappa shape index (κ2) is 8.41. The lowest BCUT2D eigenvalue weighted by Crippen LogP contribution is -2.37. The average Bonchev–Trinajstić information content (AvgIpc) is 2.70. The van der Waals surface area contributed by atoms with Crippen LogP contribution in [0.4, 0.5) is 26.2 Å². The summed E-state index contributed by atoms with van der Waals surface area (Å²) in [6.45, 7) is 8.94. The van der Waals surface area contributed by atoms with Gasteiger partial charge in [0.1, 0.15) is 11.4 Å². The number of fused-ring (bicyclic) bond motifs is 1. The van der Waals surface area contributed by atoms with Crippen molar-refractivity contribution in [3.8, 4) is 0 Å². The molecule has 0 unspecified atom stereocenters. The van der Waals surface area contributed by atoms with Crippen LogP contribution in [0.15, 0.2) is 36.9 Å². The Bertz CT molecular complexity index is 1120. The Labute approximate surface area is 185 Å². The zero-order valence-corrected chi connectivity index (χ0v) is 18.3. The molecule has 0 fully saturated rings. The Morgan fingerprint density at radius 2 is 1.97 bits per heavy atom. The van der Waals surface area contributed by atoms with Gasteiger partial charge in [0.2, 0.25) is 0 Å². The molecule has 8 nitrogen and oxygen atoms in total. The van der Waals surface area contributed by atoms with Gasteiger partial charge in [0, 0.05) is 30.9 Å². The predicted octanol–water partition coefficient (Wildman–Crippen LogP) is 4.95. The van der Waals surface area contributed by atoms with Crippen molar-refractivity contribution >= 4 is 35.0 Å². The fraction of sp³-hybridized carbons (Fsp3) is 0.304. The number of benzene rings is 2. The number of carbonyl (C=O) groups is 2. The van der Waals surface area contributed by atoms with E-state index in [1.165, 1.54) is 31.3 Å². The normalized spacial score (nSPS) is 13.4. The lowest BCUT2D eigenvalue weighted by molar-refractivity contribution is -0.385. The Morgan fingerprint density at radius 3 is 2.56 bits per heavy atom. The molecule has 0 atom stereocenters. The number of amides is 1. The van der Waals surface area contributed by atoms with Gasteiger partial charge in [-0.1, -0.05) is 12.7 Å². The van der Waals surface area contributed by atoms with E-state index in [0.29, 0.717) is 22.4 Å². The third kappa shape index (κ3) is 4.61. The number of hydrogen-bond acceptors (Lipinski definition) is 6. The second-order valence-electron chi connectivity index (χ2n) is 8.48. The van der Waals surface area contributed by atoms with Crippen LogP contribution in [-0.4, -0.2) is 36.0 Å². The number of ether oxygens (including phenoxy) is 1. The number of rotatable bonds is 4. The monoisotopic (exact) mass is 441 g/mol. The van der Waals surface area contributed by atoms with Gasteiger partial charge in [-0.3, -0.25) is 19.8 Å². The first-order valence-electron chi connectivity index (χ1n) is 9.89. The van der Waals surface area contributed by atoms with E-state index in [0.717, 1.165) is 4.90 Å². The highest BCUT2D eigenvalue weighted by molar-refractivity contribution is 6.03. The predicted molar refractivity (Wildman–Crippen MR) is 120 cm³/mol. The van der Waals surface area contributed by atoms with Crippen LogP contribution in [0.25, 0.3) is 6.08 Å². The van der Waals surface area contributed by atoms with Crippen LogP contribution < -0.4 is 9.80 Å². The SMILES string of the molecule is C=Cc1cc(N2CC(=O)c3cc(N(C)C(=O)OC(C)(C)C)c(F)cc3C2)ccc1[N+](=O)[O-]. The molecule has 0 saturated carbocycles. The first-order valence-corrected chi connectivity index (χ1v) is 9.89. The van der Waals surface area contributed by atoms with Gasteiger partial charge in [-0.05, 0) is 50.6 Å². The molecule has 0 aromatic heterocycles. The second-order valence-corrected chi connectivity index (χ2v) is 8.48. The van der Waals surface area contributed by atoms with Crippen molar-refractivity contribution in [3.05, 3.63) is 69.5 Å². The van der Waals surface area contributed by atoms with Crippen LogP contribution in [-0.2, 0) is 11.3 Å². The zero-order chi connectivity index (χ0) is 23.8. The van der Waals surface area contributed by atoms with Crippen molar-refractivity contribution in [2.75, 3.05) is 23.4 Å². The van der Waals surface area contributed by atoms with Gasteiger partial charge < -0.3 is 9.64 Å². The summed E-state index contributed by atoms with van der Waals surface area (Å²) in [6, 6.07) is 7.06. The molecule has 0 saturated heterocycles. The number of anilines is 2. The highest BCUT2D eigenvalue weighted by Crippen LogP contribution is 2.32. The van der Waals surface area contributed by atoms with Crippen molar-refractivity contribution in [2.24, 2.45) is 0 Å². The first kappa shape index (κ1) is 22.9. The summed E-state index contributed by atoms with van der Waals surface area (Å²) in [7, 11) is 1.38. The number of halogens is 1. The van der Waals surface area contributed by atoms with Crippen molar-refractivity contribution < 1.29 is 23.6 Å². The van der Waals surface area contributed by atoms with Gasteiger partial charge in [0.25, 0.3) is 5.69 Å². The van der Waals surface area contributed by atoms with Crippen LogP contribution in [0.3, 0.4) is 0 Å². The molecule has 1 aliphatic rings. The molecule has 9 heteroatoms. The molecule has 0 N–H and O–H groups in total. The average molecular weight is 441 g/mol. The van der Waals surface area contributed by atoms with Crippen LogP contribution in [0.5, 0.6) is 0 Å². The van der Waals surface area contributed by atoms with E-state index >= 15 is 0 Å². The number of carbonyl (C=O) groups excluding carboxylic acids is 2. The summed E-state index contributed by atoms with van der Waals surface area (Å²) in [5.41, 5.74) is 0.794. The highest BCUT2D eigenvalue weighted by Gasteiger charge is 2.29. The lowest BCUT2D eigenvalue weighted by atomic mass is 9.96. The highest BCUT2D eigenvalue weighted by atomic mass is 19.1. The van der Waals surface area contributed by atoms with Gasteiger partial charge in [0.05, 0.1) is 22.7 Å². The van der Waals surface area contributed by atoms with E-state index in [4.69, 9.17) is 4.74 Å². The molecule has 1 heterocycles. The van der Waals surface area contributed by atoms with E-state index in [1.54, 1.807) is 37.8 Å². The number of Topliss-reactive ketones (excluding diaryl/α,β-unsaturated/α-hetero) is 1. The van der Waals surface area contributed by atoms with Gasteiger partial charge >= 0.3 is 6.09 Å². The third-order valence-electron chi connectivity index (χ3n) is 4.99. The molecular formula is C23H24FN3O5. The van der Waals surface area contributed by atoms with E-state index in [9.17, 15) is 24.1 Å². The number of nitro benzene ring substituents is 1. The maximum atomic E-state index is 14.9. The summed E-state index contributed by atoms with van der Waals surface area (Å²) in [5, 5.41) is 11.1. The number of nitrogens with zero attached hydrogens (tertiary/aromatic N) is 3. The molecule has 0 spiro atoms. The topological polar surface area (TPSA) is 93.0 Å². The van der Waals surface area contributed by atoms with Gasteiger partial charge in [0.15, 0.2) is 5.78 Å². The van der Waals surface area contributed by atoms with E-state index in [2.05, 4.69) is 6.58 Å². The summed E-state index contributed by atoms with van der Waals surface area (Å²) in [6.07, 6.45) is 0.642. The van der Waals surface area contributed by atoms with Crippen molar-refractivity contribution in [2.45, 2.75) is 32.9 Å². The molecule has 32 heavy (non-hydrogen) atoms. The van der Waals surface area contributed by atoms with Gasteiger partial charge in [-0.2, -0.15) is 0 Å². The number of nitro groups is 1. The van der Waals surface area contributed by atoms with Crippen molar-refractivity contribution in [1.82, 2.24) is 0 Å². The van der Waals surface area contributed by atoms with Gasteiger partial charge in [-0.25, -0.2) is 9.18 Å². The Balaban J connectivity index is 1.92. The fourth-order valence-electron chi connectivity index (χ4n) is 3.45. The maximum Gasteiger partial charge on any atom is 0.414 e. The van der Waals surface area contributed by atoms with Crippen LogP contribution in [0, 0.1) is 15.9 Å². The first-order chi connectivity index (χ1) is 14.9. The van der Waals surface area contributed by atoms with E-state index in [-0.39, 0.29) is 30.2 Å². The Hall–Kier alpha value is -3.75. The molecule has 168 valence electrons. The Morgan fingerprint density at radius 1 is 1.28 bits per heavy atom. The minimum absolute atomic E-state index is 0.00260. The molecule has 0 bridgehead atoms. The summed E-state index contributed by atoms with van der Waals surface area (Å²) in [4.78, 5) is 38.6. The molecular weight excluding hydrogens is 417 g/mol. The molecule has 0 aliphatic carbocycles. The largest absolute Gasteiger partial charge is 0.443 e. The standard InChI is InChI=1S/C23H24FN3O5/c1-6-14-9-16(7-8-19(14)27(30)31)26-12-15-10-18(24)20(11-17(15)21(28)13-26)25(5)22(29)32-23(2,3)4/h6-11H,1,12-13H2,2-5H3. The maximum absolute atomic E-state index is 14.9. The van der Waals surface area contributed by atoms with Gasteiger partial charge in [-0.15, -0.1) is 0 Å². The summed E-state index contributed by atoms with van der Waals surface area (Å²) >= 11 is 0. The lowest BCUT2D eigenvalue weighted by Gasteiger charge is -2.31. The smallest absolute Gasteiger partial charge is 0.414 e. The van der Waals surface area contributed by atoms with E-state index in [1.807, 2.05) is 0 Å². The number of hydrogen-bond donors (Lipinski definition) is 0. The Kier molecular flexibility index (Phi) is 6.03. The van der Waals surface area contributed by atoms with Crippen molar-refractivity contribution in [3.63, 3.8) is 0 Å². The van der Waals surface area contributed by atoms with Crippen molar-refractivity contribution in [1.29, 1.82) is 0 Å². The summed E-state index contributed by atoms with van der Waals surface area (Å²) in [5.74, 6) is -0.925. The summed E-state index contributed by atoms with van der Waals surface area (Å²) < 4.78 is 20.1. The fourth-order valence-corrected chi connectivity index (χ4v) is 3.45. The van der Waals surface area contributed by atoms with Crippen LogP contribution in [0.1, 0.15) is 42.3 Å². The third-order valence-corrected chi connectivity index (χ3v) is 4.99. The minimum atomic E-state index is -0.749. The van der Waals surface area contributed by atoms with Crippen LogP contribution >= 0.6 is 0 Å². The molecule has 0 radical (unpaired) electrons. The zero-order valence-electron chi connectivity index (χ0n) is 18.3. The van der Waals surface area contributed by atoms with E-state index < -0.39 is 22.4 Å². The van der Waals surface area contributed by atoms with Crippen LogP contribution in [0.2, 0.25) is 0 Å². The molecule has 2 aromatic carbocycles.